The summed E-state index contributed by atoms with van der Waals surface area (Å²) in [4.78, 5) is 24.9. The smallest absolute Gasteiger partial charge is 0.347 e. The van der Waals surface area contributed by atoms with Gasteiger partial charge in [-0.25, -0.2) is 0 Å². The molecule has 0 saturated heterocycles. The number of likely N-dealkylation sites (N-methyl/N-ethyl adjacent to an activating group) is 1. The first-order valence-electron chi connectivity index (χ1n) is 8.01. The van der Waals surface area contributed by atoms with Gasteiger partial charge in [-0.3, -0.25) is 9.59 Å². The molecule has 0 radical (unpaired) electrons. The molecule has 1 rings (SSSR count). The SMILES string of the molecule is C[C@H](C(=O)Nc1cc(C(F)(F)F)ccc1Cl)[NH+](C)CC(=O)NC(C)(C)C. The van der Waals surface area contributed by atoms with Gasteiger partial charge in [0.15, 0.2) is 12.6 Å². The molecule has 146 valence electrons. The van der Waals surface area contributed by atoms with E-state index in [1.807, 2.05) is 20.8 Å². The van der Waals surface area contributed by atoms with Crippen molar-refractivity contribution >= 4 is 29.1 Å². The molecule has 0 aromatic heterocycles. The Kier molecular flexibility index (Phi) is 7.07. The largest absolute Gasteiger partial charge is 0.416 e. The Morgan fingerprint density at radius 2 is 1.81 bits per heavy atom. The van der Waals surface area contributed by atoms with Crippen LogP contribution in [0.4, 0.5) is 18.9 Å². The first kappa shape index (κ1) is 22.2. The average Bonchev–Trinajstić information content (AvgIpc) is 2.45. The topological polar surface area (TPSA) is 62.6 Å². The Morgan fingerprint density at radius 1 is 1.23 bits per heavy atom. The standard InChI is InChI=1S/C17H23ClF3N3O2/c1-10(24(5)9-14(25)23-16(2,3)4)15(26)22-13-8-11(17(19,20)21)6-7-12(13)18/h6-8,10H,9H2,1-5H3,(H,22,26)(H,23,25)/p+1/t10-/m1/s1. The highest BCUT2D eigenvalue weighted by Gasteiger charge is 2.32. The maximum Gasteiger partial charge on any atom is 0.416 e. The minimum atomic E-state index is -4.54. The molecule has 0 aliphatic rings. The molecule has 1 unspecified atom stereocenters. The maximum atomic E-state index is 12.8. The fourth-order valence-corrected chi connectivity index (χ4v) is 2.30. The van der Waals surface area contributed by atoms with Crippen molar-refractivity contribution in [2.24, 2.45) is 0 Å². The number of anilines is 1. The summed E-state index contributed by atoms with van der Waals surface area (Å²) in [6.07, 6.45) is -4.54. The first-order valence-corrected chi connectivity index (χ1v) is 8.39. The van der Waals surface area contributed by atoms with Gasteiger partial charge in [-0.05, 0) is 45.9 Å². The predicted molar refractivity (Wildman–Crippen MR) is 94.2 cm³/mol. The fraction of sp³-hybridized carbons (Fsp3) is 0.529. The number of amides is 2. The lowest BCUT2D eigenvalue weighted by atomic mass is 10.1. The lowest BCUT2D eigenvalue weighted by Gasteiger charge is -2.24. The number of carbonyl (C=O) groups excluding carboxylic acids is 2. The second kappa shape index (κ2) is 8.26. The van der Waals surface area contributed by atoms with Crippen LogP contribution in [-0.2, 0) is 15.8 Å². The van der Waals surface area contributed by atoms with E-state index in [2.05, 4.69) is 10.6 Å². The second-order valence-electron chi connectivity index (χ2n) is 7.22. The van der Waals surface area contributed by atoms with Gasteiger partial charge in [0.05, 0.1) is 23.3 Å². The monoisotopic (exact) mass is 394 g/mol. The van der Waals surface area contributed by atoms with Gasteiger partial charge in [0.2, 0.25) is 0 Å². The number of nitrogens with one attached hydrogen (secondary N) is 3. The van der Waals surface area contributed by atoms with Crippen molar-refractivity contribution in [2.75, 3.05) is 18.9 Å². The molecular weight excluding hydrogens is 371 g/mol. The molecule has 0 fully saturated rings. The van der Waals surface area contributed by atoms with Gasteiger partial charge >= 0.3 is 6.18 Å². The van der Waals surface area contributed by atoms with Crippen LogP contribution in [0.3, 0.4) is 0 Å². The molecular formula is C17H24ClF3N3O2+. The Morgan fingerprint density at radius 3 is 2.31 bits per heavy atom. The first-order chi connectivity index (χ1) is 11.7. The van der Waals surface area contributed by atoms with E-state index in [9.17, 15) is 22.8 Å². The van der Waals surface area contributed by atoms with Crippen molar-refractivity contribution in [3.63, 3.8) is 0 Å². The quantitative estimate of drug-likeness (QED) is 0.716. The van der Waals surface area contributed by atoms with E-state index >= 15 is 0 Å². The van der Waals surface area contributed by atoms with E-state index in [-0.39, 0.29) is 23.2 Å². The Hall–Kier alpha value is -1.80. The van der Waals surface area contributed by atoms with Gasteiger partial charge in [-0.1, -0.05) is 11.6 Å². The van der Waals surface area contributed by atoms with Crippen LogP contribution in [0.25, 0.3) is 0 Å². The van der Waals surface area contributed by atoms with Crippen molar-refractivity contribution < 1.29 is 27.7 Å². The van der Waals surface area contributed by atoms with E-state index in [1.54, 1.807) is 14.0 Å². The van der Waals surface area contributed by atoms with Crippen LogP contribution in [-0.4, -0.2) is 37.0 Å². The zero-order valence-electron chi connectivity index (χ0n) is 15.3. The lowest BCUT2D eigenvalue weighted by molar-refractivity contribution is -0.885. The van der Waals surface area contributed by atoms with Crippen LogP contribution in [0, 0.1) is 0 Å². The summed E-state index contributed by atoms with van der Waals surface area (Å²) >= 11 is 5.88. The molecule has 0 aliphatic heterocycles. The minimum absolute atomic E-state index is 0.00155. The third-order valence-electron chi connectivity index (χ3n) is 3.64. The zero-order chi connectivity index (χ0) is 20.3. The molecule has 1 aromatic carbocycles. The summed E-state index contributed by atoms with van der Waals surface area (Å²) in [6.45, 7) is 7.14. The predicted octanol–water partition coefficient (Wildman–Crippen LogP) is 2.12. The molecule has 3 N–H and O–H groups in total. The molecule has 2 amide bonds. The van der Waals surface area contributed by atoms with Crippen molar-refractivity contribution in [3.05, 3.63) is 28.8 Å². The van der Waals surface area contributed by atoms with Gasteiger partial charge in [0.1, 0.15) is 0 Å². The normalized spacial score (nSPS) is 14.5. The summed E-state index contributed by atoms with van der Waals surface area (Å²) in [7, 11) is 1.65. The Balaban J connectivity index is 2.79. The summed E-state index contributed by atoms with van der Waals surface area (Å²) in [5, 5.41) is 5.19. The lowest BCUT2D eigenvalue weighted by Crippen LogP contribution is -3.15. The molecule has 9 heteroatoms. The molecule has 0 heterocycles. The third kappa shape index (κ3) is 6.84. The number of rotatable bonds is 5. The van der Waals surface area contributed by atoms with Crippen LogP contribution < -0.4 is 15.5 Å². The third-order valence-corrected chi connectivity index (χ3v) is 3.97. The van der Waals surface area contributed by atoms with E-state index in [1.165, 1.54) is 0 Å². The minimum Gasteiger partial charge on any atom is -0.347 e. The van der Waals surface area contributed by atoms with Crippen molar-refractivity contribution in [1.82, 2.24) is 5.32 Å². The fourth-order valence-electron chi connectivity index (χ4n) is 2.13. The highest BCUT2D eigenvalue weighted by molar-refractivity contribution is 6.33. The number of hydrogen-bond acceptors (Lipinski definition) is 2. The summed E-state index contributed by atoms with van der Waals surface area (Å²) in [5.41, 5.74) is -1.42. The summed E-state index contributed by atoms with van der Waals surface area (Å²) in [5.74, 6) is -0.765. The molecule has 26 heavy (non-hydrogen) atoms. The second-order valence-corrected chi connectivity index (χ2v) is 7.63. The van der Waals surface area contributed by atoms with Crippen molar-refractivity contribution in [2.45, 2.75) is 45.5 Å². The van der Waals surface area contributed by atoms with Gasteiger partial charge < -0.3 is 15.5 Å². The molecule has 0 spiro atoms. The van der Waals surface area contributed by atoms with E-state index in [4.69, 9.17) is 11.6 Å². The molecule has 5 nitrogen and oxygen atoms in total. The van der Waals surface area contributed by atoms with Gasteiger partial charge in [0, 0.05) is 5.54 Å². The summed E-state index contributed by atoms with van der Waals surface area (Å²) in [6, 6.07) is 2.04. The summed E-state index contributed by atoms with van der Waals surface area (Å²) < 4.78 is 38.4. The highest BCUT2D eigenvalue weighted by Crippen LogP contribution is 2.33. The van der Waals surface area contributed by atoms with Crippen LogP contribution in [0.15, 0.2) is 18.2 Å². The number of alkyl halides is 3. The van der Waals surface area contributed by atoms with E-state index < -0.39 is 29.2 Å². The average molecular weight is 395 g/mol. The Labute approximate surface area is 155 Å². The molecule has 0 saturated carbocycles. The highest BCUT2D eigenvalue weighted by atomic mass is 35.5. The maximum absolute atomic E-state index is 12.8. The molecule has 0 aliphatic carbocycles. The molecule has 1 aromatic rings. The Bertz CT molecular complexity index is 672. The molecule has 0 bridgehead atoms. The van der Waals surface area contributed by atoms with Crippen LogP contribution in [0.5, 0.6) is 0 Å². The van der Waals surface area contributed by atoms with Crippen molar-refractivity contribution in [3.8, 4) is 0 Å². The molecule has 2 atom stereocenters. The van der Waals surface area contributed by atoms with Crippen LogP contribution in [0.2, 0.25) is 5.02 Å². The van der Waals surface area contributed by atoms with Gasteiger partial charge in [-0.15, -0.1) is 0 Å². The van der Waals surface area contributed by atoms with Gasteiger partial charge in [0.25, 0.3) is 11.8 Å². The number of quaternary nitrogens is 1. The number of halogens is 4. The van der Waals surface area contributed by atoms with Crippen LogP contribution >= 0.6 is 11.6 Å². The van der Waals surface area contributed by atoms with E-state index in [0.717, 1.165) is 18.2 Å². The zero-order valence-corrected chi connectivity index (χ0v) is 16.1. The van der Waals surface area contributed by atoms with E-state index in [0.29, 0.717) is 4.90 Å². The van der Waals surface area contributed by atoms with Gasteiger partial charge in [-0.2, -0.15) is 13.2 Å². The number of benzene rings is 1. The van der Waals surface area contributed by atoms with Crippen LogP contribution in [0.1, 0.15) is 33.3 Å². The van der Waals surface area contributed by atoms with Crippen molar-refractivity contribution in [1.29, 1.82) is 0 Å². The number of carbonyl (C=O) groups is 2. The number of hydrogen-bond donors (Lipinski definition) is 3.